The highest BCUT2D eigenvalue weighted by molar-refractivity contribution is 5.80. The van der Waals surface area contributed by atoms with Crippen molar-refractivity contribution in [2.24, 2.45) is 4.99 Å². The molecule has 0 unspecified atom stereocenters. The van der Waals surface area contributed by atoms with Gasteiger partial charge in [-0.25, -0.2) is 4.99 Å². The minimum Gasteiger partial charge on any atom is -0.497 e. The predicted molar refractivity (Wildman–Crippen MR) is 70.5 cm³/mol. The van der Waals surface area contributed by atoms with Crippen LogP contribution in [0.2, 0.25) is 0 Å². The lowest BCUT2D eigenvalue weighted by Gasteiger charge is -2.14. The highest BCUT2D eigenvalue weighted by Gasteiger charge is 2.15. The first-order valence-corrected chi connectivity index (χ1v) is 6.05. The zero-order valence-electron chi connectivity index (χ0n) is 10.7. The number of guanidine groups is 1. The van der Waals surface area contributed by atoms with Gasteiger partial charge >= 0.3 is 0 Å². The molecule has 0 amide bonds. The summed E-state index contributed by atoms with van der Waals surface area (Å²) < 4.78 is 5.12. The fourth-order valence-corrected chi connectivity index (χ4v) is 1.68. The van der Waals surface area contributed by atoms with Crippen LogP contribution in [-0.4, -0.2) is 24.6 Å². The van der Waals surface area contributed by atoms with E-state index in [2.05, 4.69) is 28.4 Å². The van der Waals surface area contributed by atoms with Crippen LogP contribution in [0.4, 0.5) is 0 Å². The van der Waals surface area contributed by atoms with E-state index in [0.717, 1.165) is 30.2 Å². The van der Waals surface area contributed by atoms with Crippen LogP contribution in [0.3, 0.4) is 0 Å². The van der Waals surface area contributed by atoms with Gasteiger partial charge in [-0.3, -0.25) is 10.4 Å². The SMILES string of the molecule is CCCN1NNNC1=NCc1ccc(OC)cc1. The Bertz CT molecular complexity index is 403. The van der Waals surface area contributed by atoms with Gasteiger partial charge in [-0.05, 0) is 24.1 Å². The van der Waals surface area contributed by atoms with E-state index in [-0.39, 0.29) is 0 Å². The second-order valence-corrected chi connectivity index (χ2v) is 4.00. The minimum absolute atomic E-state index is 0.635. The zero-order chi connectivity index (χ0) is 12.8. The summed E-state index contributed by atoms with van der Waals surface area (Å²) in [6, 6.07) is 7.92. The monoisotopic (exact) mass is 249 g/mol. The Balaban J connectivity index is 1.96. The molecule has 1 aliphatic rings. The summed E-state index contributed by atoms with van der Waals surface area (Å²) in [6.45, 7) is 3.67. The third-order valence-electron chi connectivity index (χ3n) is 2.64. The number of aliphatic imine (C=N–C) groups is 1. The van der Waals surface area contributed by atoms with Gasteiger partial charge < -0.3 is 4.74 Å². The molecule has 0 saturated carbocycles. The van der Waals surface area contributed by atoms with Gasteiger partial charge in [0, 0.05) is 6.54 Å². The average Bonchev–Trinajstić information content (AvgIpc) is 2.85. The van der Waals surface area contributed by atoms with E-state index in [1.807, 2.05) is 29.3 Å². The third-order valence-corrected chi connectivity index (χ3v) is 2.64. The number of rotatable bonds is 5. The topological polar surface area (TPSA) is 60.9 Å². The minimum atomic E-state index is 0.635. The maximum Gasteiger partial charge on any atom is 0.225 e. The van der Waals surface area contributed by atoms with Crippen LogP contribution in [0.5, 0.6) is 5.75 Å². The molecule has 1 heterocycles. The van der Waals surface area contributed by atoms with Crippen molar-refractivity contribution in [3.05, 3.63) is 29.8 Å². The Morgan fingerprint density at radius 1 is 1.28 bits per heavy atom. The van der Waals surface area contributed by atoms with Gasteiger partial charge in [0.25, 0.3) is 0 Å². The second kappa shape index (κ2) is 6.23. The molecule has 1 fully saturated rings. The molecule has 0 atom stereocenters. The lowest BCUT2D eigenvalue weighted by molar-refractivity contribution is 0.301. The van der Waals surface area contributed by atoms with Crippen molar-refractivity contribution in [2.45, 2.75) is 19.9 Å². The molecule has 0 spiro atoms. The van der Waals surface area contributed by atoms with Crippen molar-refractivity contribution in [1.29, 1.82) is 0 Å². The second-order valence-electron chi connectivity index (χ2n) is 4.00. The lowest BCUT2D eigenvalue weighted by Crippen LogP contribution is -2.38. The standard InChI is InChI=1S/C12H19N5O/c1-3-8-17-12(14-15-16-17)13-9-10-4-6-11(18-2)7-5-10/h4-7,15-16H,3,8-9H2,1-2H3,(H,13,14). The van der Waals surface area contributed by atoms with Crippen LogP contribution in [0.1, 0.15) is 18.9 Å². The average molecular weight is 249 g/mol. The largest absolute Gasteiger partial charge is 0.497 e. The molecule has 1 aliphatic heterocycles. The molecular weight excluding hydrogens is 230 g/mol. The first-order valence-electron chi connectivity index (χ1n) is 6.05. The molecule has 0 radical (unpaired) electrons. The Labute approximate surface area is 107 Å². The van der Waals surface area contributed by atoms with E-state index in [1.54, 1.807) is 7.11 Å². The van der Waals surface area contributed by atoms with Crippen LogP contribution in [0, 0.1) is 0 Å². The van der Waals surface area contributed by atoms with Crippen molar-refractivity contribution >= 4 is 5.96 Å². The van der Waals surface area contributed by atoms with Crippen molar-refractivity contribution in [2.75, 3.05) is 13.7 Å². The number of hydrazine groups is 3. The predicted octanol–water partition coefficient (Wildman–Crippen LogP) is 0.791. The summed E-state index contributed by atoms with van der Waals surface area (Å²) in [7, 11) is 1.66. The van der Waals surface area contributed by atoms with E-state index in [1.165, 1.54) is 0 Å². The number of hydrogen-bond donors (Lipinski definition) is 3. The fraction of sp³-hybridized carbons (Fsp3) is 0.417. The summed E-state index contributed by atoms with van der Waals surface area (Å²) in [5.41, 5.74) is 9.94. The van der Waals surface area contributed by atoms with Crippen LogP contribution in [-0.2, 0) is 6.54 Å². The Hall–Kier alpha value is -1.79. The van der Waals surface area contributed by atoms with Gasteiger partial charge in [-0.15, -0.1) is 5.53 Å². The Morgan fingerprint density at radius 3 is 2.72 bits per heavy atom. The Kier molecular flexibility index (Phi) is 4.38. The first-order chi connectivity index (χ1) is 8.83. The van der Waals surface area contributed by atoms with Gasteiger partial charge in [-0.2, -0.15) is 5.53 Å². The molecule has 3 N–H and O–H groups in total. The normalized spacial score (nSPS) is 17.0. The van der Waals surface area contributed by atoms with Crippen molar-refractivity contribution < 1.29 is 4.74 Å². The van der Waals surface area contributed by atoms with E-state index >= 15 is 0 Å². The molecule has 2 rings (SSSR count). The summed E-state index contributed by atoms with van der Waals surface area (Å²) in [4.78, 5) is 4.51. The molecule has 18 heavy (non-hydrogen) atoms. The zero-order valence-corrected chi connectivity index (χ0v) is 10.7. The maximum atomic E-state index is 5.12. The number of methoxy groups -OCH3 is 1. The maximum absolute atomic E-state index is 5.12. The van der Waals surface area contributed by atoms with Gasteiger partial charge in [0.05, 0.1) is 13.7 Å². The molecule has 1 saturated heterocycles. The molecule has 0 aliphatic carbocycles. The molecule has 1 aromatic rings. The van der Waals surface area contributed by atoms with Gasteiger partial charge in [0.15, 0.2) is 0 Å². The van der Waals surface area contributed by atoms with E-state index < -0.39 is 0 Å². The third kappa shape index (κ3) is 3.12. The summed E-state index contributed by atoms with van der Waals surface area (Å²) in [5, 5.41) is 1.95. The van der Waals surface area contributed by atoms with Crippen LogP contribution in [0.25, 0.3) is 0 Å². The molecule has 1 aromatic carbocycles. The highest BCUT2D eigenvalue weighted by atomic mass is 16.5. The first kappa shape index (κ1) is 12.7. The molecule has 6 heteroatoms. The Morgan fingerprint density at radius 2 is 2.06 bits per heavy atom. The molecule has 0 aromatic heterocycles. The van der Waals surface area contributed by atoms with Gasteiger partial charge in [0.1, 0.15) is 5.75 Å². The summed E-state index contributed by atoms with van der Waals surface area (Å²) >= 11 is 0. The quantitative estimate of drug-likeness (QED) is 0.720. The van der Waals surface area contributed by atoms with E-state index in [4.69, 9.17) is 4.74 Å². The van der Waals surface area contributed by atoms with E-state index in [0.29, 0.717) is 6.54 Å². The fourth-order valence-electron chi connectivity index (χ4n) is 1.68. The van der Waals surface area contributed by atoms with Crippen LogP contribution < -0.4 is 21.2 Å². The lowest BCUT2D eigenvalue weighted by atomic mass is 10.2. The van der Waals surface area contributed by atoms with Crippen molar-refractivity contribution in [1.82, 2.24) is 21.5 Å². The number of hydrogen-bond acceptors (Lipinski definition) is 4. The number of nitrogens with one attached hydrogen (secondary N) is 3. The van der Waals surface area contributed by atoms with Crippen LogP contribution >= 0.6 is 0 Å². The van der Waals surface area contributed by atoms with Crippen LogP contribution in [0.15, 0.2) is 29.3 Å². The molecule has 0 bridgehead atoms. The number of benzene rings is 1. The number of ether oxygens (including phenoxy) is 1. The smallest absolute Gasteiger partial charge is 0.225 e. The molecule has 6 nitrogen and oxygen atoms in total. The molecular formula is C12H19N5O. The van der Waals surface area contributed by atoms with Gasteiger partial charge in [0.2, 0.25) is 5.96 Å². The van der Waals surface area contributed by atoms with E-state index in [9.17, 15) is 0 Å². The highest BCUT2D eigenvalue weighted by Crippen LogP contribution is 2.12. The van der Waals surface area contributed by atoms with Crippen molar-refractivity contribution in [3.63, 3.8) is 0 Å². The summed E-state index contributed by atoms with van der Waals surface area (Å²) in [6.07, 6.45) is 1.05. The molecule has 98 valence electrons. The van der Waals surface area contributed by atoms with Gasteiger partial charge in [-0.1, -0.05) is 19.1 Å². The number of nitrogens with zero attached hydrogens (tertiary/aromatic N) is 2. The summed E-state index contributed by atoms with van der Waals surface area (Å²) in [5.74, 6) is 1.68. The van der Waals surface area contributed by atoms with Crippen molar-refractivity contribution in [3.8, 4) is 5.75 Å².